The van der Waals surface area contributed by atoms with E-state index in [-0.39, 0.29) is 5.91 Å². The molecule has 1 saturated carbocycles. The minimum absolute atomic E-state index is 0.00794. The van der Waals surface area contributed by atoms with Crippen LogP contribution < -0.4 is 10.6 Å². The van der Waals surface area contributed by atoms with E-state index in [0.29, 0.717) is 31.7 Å². The summed E-state index contributed by atoms with van der Waals surface area (Å²) in [5.74, 6) is -0.341. The second-order valence-corrected chi connectivity index (χ2v) is 6.69. The molecule has 1 unspecified atom stereocenters. The number of piperidine rings is 1. The molecule has 5 nitrogen and oxygen atoms in total. The number of nitrogens with one attached hydrogen (secondary N) is 2. The lowest BCUT2D eigenvalue weighted by molar-refractivity contribution is -0.149. The molecule has 3 N–H and O–H groups in total. The van der Waals surface area contributed by atoms with Crippen molar-refractivity contribution >= 4 is 11.9 Å². The highest BCUT2D eigenvalue weighted by Crippen LogP contribution is 2.34. The first-order valence-electron chi connectivity index (χ1n) is 8.33. The molecule has 0 aromatic rings. The Labute approximate surface area is 126 Å². The second kappa shape index (κ2) is 7.78. The first-order valence-corrected chi connectivity index (χ1v) is 8.33. The number of carbonyl (C=O) groups excluding carboxylic acids is 1. The van der Waals surface area contributed by atoms with Crippen molar-refractivity contribution in [1.82, 2.24) is 10.6 Å². The number of amides is 1. The molecule has 1 atom stereocenters. The van der Waals surface area contributed by atoms with Gasteiger partial charge in [0.05, 0.1) is 5.41 Å². The Hall–Kier alpha value is -1.10. The van der Waals surface area contributed by atoms with Crippen molar-refractivity contribution in [3.63, 3.8) is 0 Å². The maximum Gasteiger partial charge on any atom is 0.311 e. The van der Waals surface area contributed by atoms with E-state index < -0.39 is 11.4 Å². The van der Waals surface area contributed by atoms with Gasteiger partial charge in [0, 0.05) is 13.0 Å². The van der Waals surface area contributed by atoms with Crippen LogP contribution in [-0.2, 0) is 9.59 Å². The Morgan fingerprint density at radius 2 is 1.86 bits per heavy atom. The summed E-state index contributed by atoms with van der Waals surface area (Å²) in [5.41, 5.74) is -0.739. The van der Waals surface area contributed by atoms with Crippen molar-refractivity contribution in [3.8, 4) is 0 Å². The summed E-state index contributed by atoms with van der Waals surface area (Å²) in [5, 5.41) is 15.8. The molecule has 1 amide bonds. The lowest BCUT2D eigenvalue weighted by atomic mass is 9.80. The van der Waals surface area contributed by atoms with Gasteiger partial charge in [-0.15, -0.1) is 0 Å². The number of hydrogen-bond acceptors (Lipinski definition) is 3. The van der Waals surface area contributed by atoms with Crippen molar-refractivity contribution < 1.29 is 14.7 Å². The smallest absolute Gasteiger partial charge is 0.311 e. The fourth-order valence-electron chi connectivity index (χ4n) is 3.57. The topological polar surface area (TPSA) is 78.4 Å². The van der Waals surface area contributed by atoms with Gasteiger partial charge in [-0.2, -0.15) is 0 Å². The van der Waals surface area contributed by atoms with E-state index in [1.165, 1.54) is 0 Å². The lowest BCUT2D eigenvalue weighted by Gasteiger charge is -2.29. The number of carboxylic acids is 1. The molecule has 0 bridgehead atoms. The lowest BCUT2D eigenvalue weighted by Crippen LogP contribution is -2.43. The second-order valence-electron chi connectivity index (χ2n) is 6.69. The predicted octanol–water partition coefficient (Wildman–Crippen LogP) is 1.92. The first kappa shape index (κ1) is 16.3. The van der Waals surface area contributed by atoms with Gasteiger partial charge in [0.15, 0.2) is 0 Å². The third-order valence-corrected chi connectivity index (χ3v) is 5.01. The molecule has 1 saturated heterocycles. The van der Waals surface area contributed by atoms with Crippen molar-refractivity contribution in [3.05, 3.63) is 0 Å². The van der Waals surface area contributed by atoms with Crippen molar-refractivity contribution in [2.75, 3.05) is 19.6 Å². The van der Waals surface area contributed by atoms with Crippen molar-refractivity contribution in [2.24, 2.45) is 11.3 Å². The van der Waals surface area contributed by atoms with Crippen LogP contribution in [0.2, 0.25) is 0 Å². The molecule has 2 aliphatic rings. The van der Waals surface area contributed by atoms with Gasteiger partial charge in [0.25, 0.3) is 0 Å². The number of carbonyl (C=O) groups is 2. The fourth-order valence-corrected chi connectivity index (χ4v) is 3.57. The minimum atomic E-state index is -0.746. The average Bonchev–Trinajstić information content (AvgIpc) is 2.73. The van der Waals surface area contributed by atoms with Crippen LogP contribution in [0.3, 0.4) is 0 Å². The number of carboxylic acid groups (broad SMARTS) is 1. The van der Waals surface area contributed by atoms with Crippen molar-refractivity contribution in [1.29, 1.82) is 0 Å². The quantitative estimate of drug-likeness (QED) is 0.677. The fraction of sp³-hybridized carbons (Fsp3) is 0.875. The molecule has 1 aliphatic carbocycles. The SMILES string of the molecule is O=C(CC1CCCNC1)NCC1(C(=O)O)CCCCCC1. The zero-order valence-electron chi connectivity index (χ0n) is 12.8. The Morgan fingerprint density at radius 3 is 2.43 bits per heavy atom. The van der Waals surface area contributed by atoms with Gasteiger partial charge < -0.3 is 15.7 Å². The van der Waals surface area contributed by atoms with Gasteiger partial charge >= 0.3 is 5.97 Å². The summed E-state index contributed by atoms with van der Waals surface area (Å²) in [7, 11) is 0. The maximum atomic E-state index is 12.1. The monoisotopic (exact) mass is 296 g/mol. The standard InChI is InChI=1S/C16H28N2O3/c19-14(10-13-6-5-9-17-11-13)18-12-16(15(20)21)7-3-1-2-4-8-16/h13,17H,1-12H2,(H,18,19)(H,20,21). The summed E-state index contributed by atoms with van der Waals surface area (Å²) >= 11 is 0. The van der Waals surface area contributed by atoms with Gasteiger partial charge in [-0.1, -0.05) is 25.7 Å². The molecule has 1 aliphatic heterocycles. The number of rotatable bonds is 5. The Kier molecular flexibility index (Phi) is 6.03. The van der Waals surface area contributed by atoms with Crippen LogP contribution in [0, 0.1) is 11.3 Å². The van der Waals surface area contributed by atoms with Crippen LogP contribution in [0.25, 0.3) is 0 Å². The van der Waals surface area contributed by atoms with E-state index in [9.17, 15) is 14.7 Å². The Bertz CT molecular complexity index is 357. The van der Waals surface area contributed by atoms with E-state index in [0.717, 1.165) is 51.6 Å². The molecule has 0 spiro atoms. The highest BCUT2D eigenvalue weighted by atomic mass is 16.4. The summed E-state index contributed by atoms with van der Waals surface area (Å²) < 4.78 is 0. The van der Waals surface area contributed by atoms with E-state index in [1.807, 2.05) is 0 Å². The van der Waals surface area contributed by atoms with E-state index in [2.05, 4.69) is 10.6 Å². The number of hydrogen-bond donors (Lipinski definition) is 3. The molecule has 120 valence electrons. The molecular formula is C16H28N2O3. The average molecular weight is 296 g/mol. The van der Waals surface area contributed by atoms with Crippen molar-refractivity contribution in [2.45, 2.75) is 57.8 Å². The van der Waals surface area contributed by atoms with Crippen LogP contribution in [0.15, 0.2) is 0 Å². The highest BCUT2D eigenvalue weighted by Gasteiger charge is 2.38. The molecule has 1 heterocycles. The third-order valence-electron chi connectivity index (χ3n) is 5.01. The predicted molar refractivity (Wildman–Crippen MR) is 81.0 cm³/mol. The van der Waals surface area contributed by atoms with Gasteiger partial charge in [0.1, 0.15) is 0 Å². The number of aliphatic carboxylic acids is 1. The molecule has 0 aromatic heterocycles. The summed E-state index contributed by atoms with van der Waals surface area (Å²) in [6.45, 7) is 2.24. The van der Waals surface area contributed by atoms with Gasteiger partial charge in [0.2, 0.25) is 5.91 Å². The molecule has 21 heavy (non-hydrogen) atoms. The van der Waals surface area contributed by atoms with Crippen LogP contribution >= 0.6 is 0 Å². The largest absolute Gasteiger partial charge is 0.481 e. The zero-order valence-corrected chi connectivity index (χ0v) is 12.8. The summed E-state index contributed by atoms with van der Waals surface area (Å²) in [6, 6.07) is 0. The van der Waals surface area contributed by atoms with Crippen LogP contribution in [0.4, 0.5) is 0 Å². The van der Waals surface area contributed by atoms with Gasteiger partial charge in [-0.25, -0.2) is 0 Å². The summed E-state index contributed by atoms with van der Waals surface area (Å²) in [6.07, 6.45) is 8.22. The van der Waals surface area contributed by atoms with Gasteiger partial charge in [-0.05, 0) is 44.7 Å². The maximum absolute atomic E-state index is 12.1. The zero-order chi connectivity index (χ0) is 15.1. The molecule has 2 fully saturated rings. The Morgan fingerprint density at radius 1 is 1.14 bits per heavy atom. The Balaban J connectivity index is 1.83. The van der Waals surface area contributed by atoms with E-state index >= 15 is 0 Å². The molecular weight excluding hydrogens is 268 g/mol. The van der Waals surface area contributed by atoms with E-state index in [4.69, 9.17) is 0 Å². The normalized spacial score (nSPS) is 25.8. The molecule has 0 aromatic carbocycles. The molecule has 5 heteroatoms. The molecule has 0 radical (unpaired) electrons. The first-order chi connectivity index (χ1) is 10.1. The highest BCUT2D eigenvalue weighted by molar-refractivity contribution is 5.79. The third kappa shape index (κ3) is 4.70. The molecule has 2 rings (SSSR count). The van der Waals surface area contributed by atoms with Crippen LogP contribution in [0.5, 0.6) is 0 Å². The van der Waals surface area contributed by atoms with Crippen LogP contribution in [-0.4, -0.2) is 36.6 Å². The van der Waals surface area contributed by atoms with Gasteiger partial charge in [-0.3, -0.25) is 9.59 Å². The van der Waals surface area contributed by atoms with E-state index in [1.54, 1.807) is 0 Å². The van der Waals surface area contributed by atoms with Crippen LogP contribution in [0.1, 0.15) is 57.8 Å². The summed E-state index contributed by atoms with van der Waals surface area (Å²) in [4.78, 5) is 23.7. The minimum Gasteiger partial charge on any atom is -0.481 e.